The molecular weight excluding hydrogens is 424 g/mol. The SMILES string of the molecule is CC(C)CC(NC(=O)C(N)Cc1c[nH]c2ccccc12)C(=O)NC(Cc1cnc[nH]1)C(=O)O. The highest BCUT2D eigenvalue weighted by atomic mass is 16.4. The third-order valence-corrected chi connectivity index (χ3v) is 5.39. The van der Waals surface area contributed by atoms with Gasteiger partial charge in [-0.2, -0.15) is 0 Å². The van der Waals surface area contributed by atoms with Crippen LogP contribution >= 0.6 is 0 Å². The molecule has 0 aliphatic rings. The smallest absolute Gasteiger partial charge is 0.326 e. The summed E-state index contributed by atoms with van der Waals surface area (Å²) in [6.45, 7) is 3.83. The Labute approximate surface area is 191 Å². The maximum atomic E-state index is 12.9. The number of carbonyl (C=O) groups is 3. The van der Waals surface area contributed by atoms with Gasteiger partial charge in [0.1, 0.15) is 12.1 Å². The number of aromatic nitrogens is 3. The lowest BCUT2D eigenvalue weighted by atomic mass is 10.0. The maximum Gasteiger partial charge on any atom is 0.326 e. The number of nitrogens with two attached hydrogens (primary N) is 1. The summed E-state index contributed by atoms with van der Waals surface area (Å²) in [5.74, 6) is -2.13. The van der Waals surface area contributed by atoms with Gasteiger partial charge in [0.05, 0.1) is 12.4 Å². The zero-order valence-corrected chi connectivity index (χ0v) is 18.7. The first-order chi connectivity index (χ1) is 15.7. The Kier molecular flexibility index (Phi) is 7.83. The highest BCUT2D eigenvalue weighted by molar-refractivity contribution is 5.92. The van der Waals surface area contributed by atoms with Crippen LogP contribution in [0.4, 0.5) is 0 Å². The minimum absolute atomic E-state index is 0.0451. The van der Waals surface area contributed by atoms with Gasteiger partial charge in [0, 0.05) is 35.4 Å². The van der Waals surface area contributed by atoms with Gasteiger partial charge < -0.3 is 31.4 Å². The fourth-order valence-electron chi connectivity index (χ4n) is 3.70. The number of hydrogen-bond donors (Lipinski definition) is 6. The first-order valence-corrected chi connectivity index (χ1v) is 10.9. The molecule has 0 saturated heterocycles. The lowest BCUT2D eigenvalue weighted by Gasteiger charge is -2.24. The Balaban J connectivity index is 1.66. The van der Waals surface area contributed by atoms with Crippen LogP contribution in [-0.2, 0) is 27.2 Å². The lowest BCUT2D eigenvalue weighted by molar-refractivity contribution is -0.142. The molecule has 0 bridgehead atoms. The third kappa shape index (κ3) is 6.42. The third-order valence-electron chi connectivity index (χ3n) is 5.39. The second kappa shape index (κ2) is 10.8. The van der Waals surface area contributed by atoms with E-state index in [9.17, 15) is 19.5 Å². The summed E-state index contributed by atoms with van der Waals surface area (Å²) >= 11 is 0. The van der Waals surface area contributed by atoms with Crippen molar-refractivity contribution >= 4 is 28.7 Å². The first-order valence-electron chi connectivity index (χ1n) is 10.9. The number of carboxylic acids is 1. The summed E-state index contributed by atoms with van der Waals surface area (Å²) in [5.41, 5.74) is 8.59. The van der Waals surface area contributed by atoms with E-state index in [4.69, 9.17) is 5.73 Å². The minimum atomic E-state index is -1.18. The van der Waals surface area contributed by atoms with Crippen LogP contribution in [0.5, 0.6) is 0 Å². The number of H-pyrrole nitrogens is 2. The summed E-state index contributed by atoms with van der Waals surface area (Å²) in [5, 5.41) is 15.8. The van der Waals surface area contributed by atoms with Gasteiger partial charge in [0.15, 0.2) is 0 Å². The Bertz CT molecular complexity index is 1090. The monoisotopic (exact) mass is 454 g/mol. The van der Waals surface area contributed by atoms with Gasteiger partial charge in [-0.1, -0.05) is 32.0 Å². The Morgan fingerprint density at radius 3 is 2.45 bits per heavy atom. The van der Waals surface area contributed by atoms with Crippen molar-refractivity contribution in [2.24, 2.45) is 11.7 Å². The number of hydrogen-bond acceptors (Lipinski definition) is 5. The predicted octanol–water partition coefficient (Wildman–Crippen LogP) is 1.10. The van der Waals surface area contributed by atoms with Gasteiger partial charge in [-0.15, -0.1) is 0 Å². The molecule has 3 aromatic rings. The Morgan fingerprint density at radius 2 is 1.79 bits per heavy atom. The summed E-state index contributed by atoms with van der Waals surface area (Å²) in [6.07, 6.45) is 5.44. The molecule has 0 saturated carbocycles. The average molecular weight is 455 g/mol. The predicted molar refractivity (Wildman–Crippen MR) is 123 cm³/mol. The largest absolute Gasteiger partial charge is 0.480 e. The van der Waals surface area contributed by atoms with Crippen molar-refractivity contribution in [3.63, 3.8) is 0 Å². The van der Waals surface area contributed by atoms with Crippen molar-refractivity contribution in [2.75, 3.05) is 0 Å². The molecule has 1 aromatic carbocycles. The number of aromatic amines is 2. The highest BCUT2D eigenvalue weighted by Crippen LogP contribution is 2.19. The van der Waals surface area contributed by atoms with E-state index in [1.807, 2.05) is 44.3 Å². The Morgan fingerprint density at radius 1 is 1.06 bits per heavy atom. The number of nitrogens with zero attached hydrogens (tertiary/aromatic N) is 1. The molecule has 10 nitrogen and oxygen atoms in total. The number of rotatable bonds is 11. The fraction of sp³-hybridized carbons (Fsp3) is 0.391. The number of imidazole rings is 1. The number of fused-ring (bicyclic) bond motifs is 1. The molecule has 3 atom stereocenters. The molecule has 3 unspecified atom stereocenters. The van der Waals surface area contributed by atoms with Gasteiger partial charge >= 0.3 is 5.97 Å². The van der Waals surface area contributed by atoms with Gasteiger partial charge in [-0.05, 0) is 30.4 Å². The van der Waals surface area contributed by atoms with E-state index in [1.54, 1.807) is 0 Å². The molecular formula is C23H30N6O4. The fourth-order valence-corrected chi connectivity index (χ4v) is 3.70. The molecule has 176 valence electrons. The van der Waals surface area contributed by atoms with Gasteiger partial charge in [-0.3, -0.25) is 9.59 Å². The van der Waals surface area contributed by atoms with E-state index in [0.717, 1.165) is 16.5 Å². The summed E-state index contributed by atoms with van der Waals surface area (Å²) < 4.78 is 0. The number of carboxylic acid groups (broad SMARTS) is 1. The van der Waals surface area contributed by atoms with E-state index in [0.29, 0.717) is 18.5 Å². The van der Waals surface area contributed by atoms with Crippen LogP contribution in [0, 0.1) is 5.92 Å². The van der Waals surface area contributed by atoms with Crippen molar-refractivity contribution in [1.82, 2.24) is 25.6 Å². The lowest BCUT2D eigenvalue weighted by Crippen LogP contribution is -2.55. The van der Waals surface area contributed by atoms with Crippen LogP contribution in [-0.4, -0.2) is 56.0 Å². The van der Waals surface area contributed by atoms with E-state index >= 15 is 0 Å². The molecule has 7 N–H and O–H groups in total. The van der Waals surface area contributed by atoms with Crippen molar-refractivity contribution in [3.8, 4) is 0 Å². The van der Waals surface area contributed by atoms with Gasteiger partial charge in [0.2, 0.25) is 11.8 Å². The molecule has 10 heteroatoms. The molecule has 0 spiro atoms. The minimum Gasteiger partial charge on any atom is -0.480 e. The van der Waals surface area contributed by atoms with Crippen molar-refractivity contribution < 1.29 is 19.5 Å². The normalized spacial score (nSPS) is 14.1. The molecule has 3 rings (SSSR count). The zero-order chi connectivity index (χ0) is 24.0. The molecule has 0 aliphatic carbocycles. The van der Waals surface area contributed by atoms with Gasteiger partial charge in [0.25, 0.3) is 0 Å². The van der Waals surface area contributed by atoms with E-state index in [1.165, 1.54) is 12.5 Å². The van der Waals surface area contributed by atoms with Crippen molar-refractivity contribution in [3.05, 3.63) is 54.2 Å². The van der Waals surface area contributed by atoms with Crippen LogP contribution in [0.3, 0.4) is 0 Å². The second-order valence-electron chi connectivity index (χ2n) is 8.54. The highest BCUT2D eigenvalue weighted by Gasteiger charge is 2.29. The van der Waals surface area contributed by atoms with E-state index < -0.39 is 35.9 Å². The molecule has 2 amide bonds. The van der Waals surface area contributed by atoms with E-state index in [-0.39, 0.29) is 12.3 Å². The number of nitrogens with one attached hydrogen (secondary N) is 4. The second-order valence-corrected chi connectivity index (χ2v) is 8.54. The maximum absolute atomic E-state index is 12.9. The topological polar surface area (TPSA) is 166 Å². The number of benzene rings is 1. The van der Waals surface area contributed by atoms with Crippen LogP contribution in [0.2, 0.25) is 0 Å². The molecule has 2 aromatic heterocycles. The molecule has 0 fully saturated rings. The molecule has 0 aliphatic heterocycles. The standard InChI is InChI=1S/C23H30N6O4/c1-13(2)7-19(22(31)29-20(23(32)33)9-15-11-25-12-27-15)28-21(30)17(24)8-14-10-26-18-6-4-3-5-16(14)18/h3-6,10-13,17,19-20,26H,7-9,24H2,1-2H3,(H,25,27)(H,28,30)(H,29,31)(H,32,33). The number of amides is 2. The molecule has 0 radical (unpaired) electrons. The number of para-hydroxylation sites is 1. The zero-order valence-electron chi connectivity index (χ0n) is 18.7. The number of carbonyl (C=O) groups excluding carboxylic acids is 2. The summed E-state index contributed by atoms with van der Waals surface area (Å²) in [7, 11) is 0. The van der Waals surface area contributed by atoms with Crippen LogP contribution in [0.15, 0.2) is 43.0 Å². The quantitative estimate of drug-likeness (QED) is 0.254. The molecule has 33 heavy (non-hydrogen) atoms. The molecule has 2 heterocycles. The summed E-state index contributed by atoms with van der Waals surface area (Å²) in [6, 6.07) is 4.78. The summed E-state index contributed by atoms with van der Waals surface area (Å²) in [4.78, 5) is 47.2. The van der Waals surface area contributed by atoms with Crippen molar-refractivity contribution in [1.29, 1.82) is 0 Å². The van der Waals surface area contributed by atoms with Crippen LogP contribution in [0.1, 0.15) is 31.5 Å². The van der Waals surface area contributed by atoms with Crippen LogP contribution in [0.25, 0.3) is 10.9 Å². The average Bonchev–Trinajstić information content (AvgIpc) is 3.42. The van der Waals surface area contributed by atoms with Crippen molar-refractivity contribution in [2.45, 2.75) is 51.2 Å². The number of aliphatic carboxylic acids is 1. The van der Waals surface area contributed by atoms with E-state index in [2.05, 4.69) is 25.6 Å². The van der Waals surface area contributed by atoms with Crippen LogP contribution < -0.4 is 16.4 Å². The first kappa shape index (κ1) is 24.0. The Hall–Kier alpha value is -3.66. The van der Waals surface area contributed by atoms with Gasteiger partial charge in [-0.25, -0.2) is 9.78 Å².